The third-order valence-corrected chi connectivity index (χ3v) is 3.04. The molecule has 1 aromatic carbocycles. The Bertz CT molecular complexity index is 642. The van der Waals surface area contributed by atoms with Crippen LogP contribution in [0.3, 0.4) is 0 Å². The largest absolute Gasteiger partial charge is 0.497 e. The summed E-state index contributed by atoms with van der Waals surface area (Å²) in [5.74, 6) is 1.85. The third-order valence-electron chi connectivity index (χ3n) is 3.04. The molecule has 0 radical (unpaired) electrons. The van der Waals surface area contributed by atoms with Crippen molar-refractivity contribution in [1.82, 2.24) is 15.3 Å². The molecular weight excluding hydrogens is 308 g/mol. The van der Waals surface area contributed by atoms with Gasteiger partial charge in [-0.3, -0.25) is 4.79 Å². The van der Waals surface area contributed by atoms with Crippen LogP contribution in [0.5, 0.6) is 11.5 Å². The molecule has 0 unspecified atom stereocenters. The zero-order valence-corrected chi connectivity index (χ0v) is 14.1. The van der Waals surface area contributed by atoms with Crippen LogP contribution < -0.4 is 20.1 Å². The topological polar surface area (TPSA) is 85.4 Å². The maximum absolute atomic E-state index is 12.0. The molecule has 0 bridgehead atoms. The molecule has 0 fully saturated rings. The smallest absolute Gasteiger partial charge is 0.271 e. The van der Waals surface area contributed by atoms with E-state index >= 15 is 0 Å². The van der Waals surface area contributed by atoms with E-state index in [4.69, 9.17) is 9.47 Å². The van der Waals surface area contributed by atoms with Gasteiger partial charge < -0.3 is 20.1 Å². The van der Waals surface area contributed by atoms with Gasteiger partial charge in [0, 0.05) is 6.04 Å². The number of methoxy groups -OCH3 is 1. The average Bonchev–Trinajstić information content (AvgIpc) is 2.59. The van der Waals surface area contributed by atoms with E-state index in [1.54, 1.807) is 13.3 Å². The third kappa shape index (κ3) is 5.42. The fraction of sp³-hybridized carbons (Fsp3) is 0.353. The van der Waals surface area contributed by atoms with Crippen molar-refractivity contribution in [3.05, 3.63) is 42.4 Å². The van der Waals surface area contributed by atoms with Crippen LogP contribution in [0.4, 0.5) is 5.82 Å². The summed E-state index contributed by atoms with van der Waals surface area (Å²) in [5, 5.41) is 5.86. The summed E-state index contributed by atoms with van der Waals surface area (Å²) in [6, 6.07) is 7.51. The van der Waals surface area contributed by atoms with Crippen molar-refractivity contribution in [1.29, 1.82) is 0 Å². The number of aromatic nitrogens is 2. The predicted molar refractivity (Wildman–Crippen MR) is 91.6 cm³/mol. The Labute approximate surface area is 141 Å². The van der Waals surface area contributed by atoms with Crippen molar-refractivity contribution in [2.75, 3.05) is 25.6 Å². The second-order valence-corrected chi connectivity index (χ2v) is 5.37. The highest BCUT2D eigenvalue weighted by Crippen LogP contribution is 2.16. The Morgan fingerprint density at radius 1 is 1.12 bits per heavy atom. The summed E-state index contributed by atoms with van der Waals surface area (Å²) in [6.45, 7) is 4.74. The summed E-state index contributed by atoms with van der Waals surface area (Å²) in [7, 11) is 1.61. The van der Waals surface area contributed by atoms with Crippen molar-refractivity contribution < 1.29 is 14.3 Å². The highest BCUT2D eigenvalue weighted by Gasteiger charge is 2.07. The molecule has 24 heavy (non-hydrogen) atoms. The zero-order valence-electron chi connectivity index (χ0n) is 14.1. The molecule has 0 atom stereocenters. The summed E-state index contributed by atoms with van der Waals surface area (Å²) >= 11 is 0. The van der Waals surface area contributed by atoms with Gasteiger partial charge in [-0.2, -0.15) is 0 Å². The van der Waals surface area contributed by atoms with Crippen molar-refractivity contribution in [2.45, 2.75) is 19.9 Å². The summed E-state index contributed by atoms with van der Waals surface area (Å²) in [6.07, 6.45) is 2.99. The van der Waals surface area contributed by atoms with E-state index in [1.165, 1.54) is 6.20 Å². The SMILES string of the molecule is COc1ccc(OCCNC(=O)c2cnc(NC(C)C)cn2)cc1. The summed E-state index contributed by atoms with van der Waals surface area (Å²) < 4.78 is 10.6. The van der Waals surface area contributed by atoms with Crippen LogP contribution in [0.25, 0.3) is 0 Å². The fourth-order valence-corrected chi connectivity index (χ4v) is 1.91. The van der Waals surface area contributed by atoms with E-state index in [1.807, 2.05) is 38.1 Å². The van der Waals surface area contributed by atoms with Gasteiger partial charge in [0.1, 0.15) is 29.6 Å². The number of nitrogens with one attached hydrogen (secondary N) is 2. The van der Waals surface area contributed by atoms with Crippen LogP contribution in [-0.2, 0) is 0 Å². The van der Waals surface area contributed by atoms with Crippen LogP contribution in [-0.4, -0.2) is 42.2 Å². The maximum Gasteiger partial charge on any atom is 0.271 e. The quantitative estimate of drug-likeness (QED) is 0.721. The zero-order chi connectivity index (χ0) is 17.4. The Kier molecular flexibility index (Phi) is 6.36. The lowest BCUT2D eigenvalue weighted by Crippen LogP contribution is -2.29. The van der Waals surface area contributed by atoms with Crippen molar-refractivity contribution in [3.8, 4) is 11.5 Å². The van der Waals surface area contributed by atoms with E-state index in [-0.39, 0.29) is 17.6 Å². The van der Waals surface area contributed by atoms with Crippen molar-refractivity contribution >= 4 is 11.7 Å². The minimum absolute atomic E-state index is 0.258. The van der Waals surface area contributed by atoms with Crippen LogP contribution in [0.15, 0.2) is 36.7 Å². The average molecular weight is 330 g/mol. The predicted octanol–water partition coefficient (Wildman–Crippen LogP) is 2.11. The lowest BCUT2D eigenvalue weighted by Gasteiger charge is -2.09. The van der Waals surface area contributed by atoms with Gasteiger partial charge in [0.05, 0.1) is 26.0 Å². The van der Waals surface area contributed by atoms with E-state index in [0.29, 0.717) is 24.7 Å². The number of carbonyl (C=O) groups is 1. The van der Waals surface area contributed by atoms with E-state index < -0.39 is 0 Å². The van der Waals surface area contributed by atoms with Gasteiger partial charge in [-0.15, -0.1) is 0 Å². The number of amides is 1. The highest BCUT2D eigenvalue weighted by atomic mass is 16.5. The number of anilines is 1. The highest BCUT2D eigenvalue weighted by molar-refractivity contribution is 5.91. The minimum atomic E-state index is -0.281. The Balaban J connectivity index is 1.74. The molecule has 2 aromatic rings. The number of nitrogens with zero attached hydrogens (tertiary/aromatic N) is 2. The van der Waals surface area contributed by atoms with Gasteiger partial charge in [-0.1, -0.05) is 0 Å². The molecule has 0 saturated carbocycles. The number of hydrogen-bond acceptors (Lipinski definition) is 6. The first kappa shape index (κ1) is 17.5. The molecule has 7 nitrogen and oxygen atoms in total. The monoisotopic (exact) mass is 330 g/mol. The molecule has 0 aliphatic heterocycles. The number of rotatable bonds is 8. The first-order valence-electron chi connectivity index (χ1n) is 7.72. The van der Waals surface area contributed by atoms with Crippen LogP contribution in [0, 0.1) is 0 Å². The molecule has 7 heteroatoms. The molecule has 0 aliphatic rings. The molecular formula is C17H22N4O3. The van der Waals surface area contributed by atoms with Gasteiger partial charge in [0.25, 0.3) is 5.91 Å². The summed E-state index contributed by atoms with van der Waals surface area (Å²) in [5.41, 5.74) is 0.272. The van der Waals surface area contributed by atoms with E-state index in [9.17, 15) is 4.79 Å². The first-order valence-corrected chi connectivity index (χ1v) is 7.72. The molecule has 0 saturated heterocycles. The normalized spacial score (nSPS) is 10.3. The number of hydrogen-bond donors (Lipinski definition) is 2. The summed E-state index contributed by atoms with van der Waals surface area (Å²) in [4.78, 5) is 20.2. The van der Waals surface area contributed by atoms with Gasteiger partial charge in [-0.25, -0.2) is 9.97 Å². The molecule has 1 amide bonds. The lowest BCUT2D eigenvalue weighted by atomic mass is 10.3. The Hall–Kier alpha value is -2.83. The molecule has 0 spiro atoms. The van der Waals surface area contributed by atoms with Crippen LogP contribution in [0.2, 0.25) is 0 Å². The van der Waals surface area contributed by atoms with E-state index in [0.717, 1.165) is 5.75 Å². The molecule has 1 heterocycles. The molecule has 128 valence electrons. The molecule has 2 rings (SSSR count). The lowest BCUT2D eigenvalue weighted by molar-refractivity contribution is 0.0941. The Morgan fingerprint density at radius 3 is 2.42 bits per heavy atom. The second kappa shape index (κ2) is 8.71. The number of ether oxygens (including phenoxy) is 2. The molecule has 2 N–H and O–H groups in total. The standard InChI is InChI=1S/C17H22N4O3/c1-12(2)21-16-11-19-15(10-20-16)17(22)18-8-9-24-14-6-4-13(23-3)5-7-14/h4-7,10-12H,8-9H2,1-3H3,(H,18,22)(H,20,21). The number of benzene rings is 1. The number of carbonyl (C=O) groups excluding carboxylic acids is 1. The second-order valence-electron chi connectivity index (χ2n) is 5.37. The first-order chi connectivity index (χ1) is 11.6. The van der Waals surface area contributed by atoms with Crippen molar-refractivity contribution in [3.63, 3.8) is 0 Å². The van der Waals surface area contributed by atoms with Gasteiger partial charge in [0.2, 0.25) is 0 Å². The maximum atomic E-state index is 12.0. The van der Waals surface area contributed by atoms with Gasteiger partial charge in [0.15, 0.2) is 0 Å². The van der Waals surface area contributed by atoms with E-state index in [2.05, 4.69) is 20.6 Å². The minimum Gasteiger partial charge on any atom is -0.497 e. The fourth-order valence-electron chi connectivity index (χ4n) is 1.91. The van der Waals surface area contributed by atoms with Crippen LogP contribution in [0.1, 0.15) is 24.3 Å². The van der Waals surface area contributed by atoms with Crippen molar-refractivity contribution in [2.24, 2.45) is 0 Å². The van der Waals surface area contributed by atoms with Crippen LogP contribution >= 0.6 is 0 Å². The molecule has 1 aromatic heterocycles. The Morgan fingerprint density at radius 2 is 1.83 bits per heavy atom. The van der Waals surface area contributed by atoms with Gasteiger partial charge >= 0.3 is 0 Å². The van der Waals surface area contributed by atoms with Gasteiger partial charge in [-0.05, 0) is 38.1 Å². The molecule has 0 aliphatic carbocycles.